The number of carbonyl (C=O) groups excluding carboxylic acids is 1. The standard InChI is InChI=1S/C24H25N5O4/c1-3-14(2)21(29-23(31)17-9-5-7-11-19(17)27-28-29)22(30)26-20(24(32)33)12-15-13-25-18-10-6-4-8-16(15)18/h4-11,13-14,20-21,25H,3,12H2,1-2H3,(H,26,30)(H,32,33). The number of aromatic nitrogens is 4. The zero-order valence-corrected chi connectivity index (χ0v) is 18.4. The number of H-pyrrole nitrogens is 1. The van der Waals surface area contributed by atoms with E-state index in [4.69, 9.17) is 0 Å². The molecule has 0 saturated heterocycles. The van der Waals surface area contributed by atoms with Crippen LogP contribution in [-0.2, 0) is 16.0 Å². The van der Waals surface area contributed by atoms with Crippen molar-refractivity contribution in [2.24, 2.45) is 5.92 Å². The second-order valence-electron chi connectivity index (χ2n) is 8.15. The Balaban J connectivity index is 1.65. The molecule has 0 saturated carbocycles. The molecule has 0 radical (unpaired) electrons. The summed E-state index contributed by atoms with van der Waals surface area (Å²) in [7, 11) is 0. The van der Waals surface area contributed by atoms with E-state index in [1.165, 1.54) is 0 Å². The van der Waals surface area contributed by atoms with E-state index in [9.17, 15) is 19.5 Å². The van der Waals surface area contributed by atoms with Crippen LogP contribution in [0.2, 0.25) is 0 Å². The molecule has 0 aliphatic heterocycles. The fourth-order valence-electron chi connectivity index (χ4n) is 4.00. The van der Waals surface area contributed by atoms with E-state index in [0.29, 0.717) is 17.3 Å². The van der Waals surface area contributed by atoms with Crippen LogP contribution in [0, 0.1) is 5.92 Å². The minimum atomic E-state index is -1.17. The summed E-state index contributed by atoms with van der Waals surface area (Å²) in [5.41, 5.74) is 1.66. The topological polar surface area (TPSA) is 130 Å². The summed E-state index contributed by atoms with van der Waals surface area (Å²) in [5.74, 6) is -2.02. The Hall–Kier alpha value is -4.01. The number of carbonyl (C=O) groups is 2. The molecule has 0 fully saturated rings. The molecule has 33 heavy (non-hydrogen) atoms. The number of hydrogen-bond acceptors (Lipinski definition) is 5. The predicted molar refractivity (Wildman–Crippen MR) is 124 cm³/mol. The van der Waals surface area contributed by atoms with E-state index < -0.39 is 29.5 Å². The van der Waals surface area contributed by atoms with Gasteiger partial charge in [0.2, 0.25) is 5.91 Å². The van der Waals surface area contributed by atoms with Gasteiger partial charge in [-0.15, -0.1) is 5.10 Å². The third-order valence-corrected chi connectivity index (χ3v) is 6.02. The molecular weight excluding hydrogens is 422 g/mol. The lowest BCUT2D eigenvalue weighted by molar-refractivity contribution is -0.142. The second-order valence-corrected chi connectivity index (χ2v) is 8.15. The van der Waals surface area contributed by atoms with Gasteiger partial charge in [0.05, 0.1) is 5.39 Å². The maximum atomic E-state index is 13.3. The number of rotatable bonds is 8. The monoisotopic (exact) mass is 447 g/mol. The average Bonchev–Trinajstić information content (AvgIpc) is 3.23. The maximum Gasteiger partial charge on any atom is 0.326 e. The molecule has 2 heterocycles. The molecule has 0 aliphatic carbocycles. The molecule has 170 valence electrons. The summed E-state index contributed by atoms with van der Waals surface area (Å²) in [4.78, 5) is 41.5. The number of nitrogens with zero attached hydrogens (tertiary/aromatic N) is 3. The van der Waals surface area contributed by atoms with Crippen molar-refractivity contribution in [1.29, 1.82) is 0 Å². The van der Waals surface area contributed by atoms with Gasteiger partial charge in [-0.1, -0.05) is 55.8 Å². The third-order valence-electron chi connectivity index (χ3n) is 6.02. The van der Waals surface area contributed by atoms with Gasteiger partial charge in [0.25, 0.3) is 5.56 Å². The zero-order chi connectivity index (χ0) is 23.5. The van der Waals surface area contributed by atoms with Gasteiger partial charge < -0.3 is 15.4 Å². The Labute approximate surface area is 189 Å². The molecule has 0 aliphatic rings. The molecule has 9 heteroatoms. The van der Waals surface area contributed by atoms with Crippen molar-refractivity contribution in [2.75, 3.05) is 0 Å². The Kier molecular flexibility index (Phi) is 6.21. The maximum absolute atomic E-state index is 13.3. The molecular formula is C24H25N5O4. The SMILES string of the molecule is CCC(C)C(C(=O)NC(Cc1c[nH]c2ccccc12)C(=O)O)n1nnc2ccccc2c1=O. The first-order valence-corrected chi connectivity index (χ1v) is 10.8. The number of amides is 1. The number of fused-ring (bicyclic) bond motifs is 2. The average molecular weight is 447 g/mol. The number of aromatic amines is 1. The number of hydrogen-bond donors (Lipinski definition) is 3. The first kappa shape index (κ1) is 22.2. The van der Waals surface area contributed by atoms with Crippen LogP contribution < -0.4 is 10.9 Å². The first-order valence-electron chi connectivity index (χ1n) is 10.8. The molecule has 0 spiro atoms. The van der Waals surface area contributed by atoms with Crippen LogP contribution in [0.3, 0.4) is 0 Å². The van der Waals surface area contributed by atoms with Crippen LogP contribution in [-0.4, -0.2) is 43.0 Å². The highest BCUT2D eigenvalue weighted by Gasteiger charge is 2.32. The molecule has 2 aromatic heterocycles. The van der Waals surface area contributed by atoms with Crippen molar-refractivity contribution in [2.45, 2.75) is 38.8 Å². The van der Waals surface area contributed by atoms with Crippen molar-refractivity contribution in [1.82, 2.24) is 25.3 Å². The largest absolute Gasteiger partial charge is 0.480 e. The normalized spacial score (nSPS) is 14.1. The summed E-state index contributed by atoms with van der Waals surface area (Å²) in [6, 6.07) is 12.2. The number of nitrogens with one attached hydrogen (secondary N) is 2. The van der Waals surface area contributed by atoms with E-state index in [0.717, 1.165) is 21.1 Å². The van der Waals surface area contributed by atoms with Gasteiger partial charge in [-0.25, -0.2) is 4.79 Å². The fraction of sp³-hybridized carbons (Fsp3) is 0.292. The number of para-hydroxylation sites is 1. The Morgan fingerprint density at radius 2 is 1.82 bits per heavy atom. The lowest BCUT2D eigenvalue weighted by Crippen LogP contribution is -2.48. The van der Waals surface area contributed by atoms with E-state index in [-0.39, 0.29) is 12.3 Å². The minimum absolute atomic E-state index is 0.0939. The summed E-state index contributed by atoms with van der Waals surface area (Å²) in [5, 5.41) is 21.8. The molecule has 4 aromatic rings. The molecule has 1 amide bonds. The van der Waals surface area contributed by atoms with Gasteiger partial charge in [-0.2, -0.15) is 4.68 Å². The second kappa shape index (κ2) is 9.23. The fourth-order valence-corrected chi connectivity index (χ4v) is 4.00. The first-order chi connectivity index (χ1) is 15.9. The molecule has 3 atom stereocenters. The summed E-state index contributed by atoms with van der Waals surface area (Å²) in [6.45, 7) is 3.72. The molecule has 4 rings (SSSR count). The van der Waals surface area contributed by atoms with Gasteiger partial charge in [-0.3, -0.25) is 9.59 Å². The Morgan fingerprint density at radius 1 is 1.12 bits per heavy atom. The van der Waals surface area contributed by atoms with E-state index in [1.807, 2.05) is 38.1 Å². The van der Waals surface area contributed by atoms with Crippen LogP contribution in [0.5, 0.6) is 0 Å². The number of carboxylic acid groups (broad SMARTS) is 1. The molecule has 3 N–H and O–H groups in total. The lowest BCUT2D eigenvalue weighted by Gasteiger charge is -2.25. The van der Waals surface area contributed by atoms with Crippen LogP contribution in [0.4, 0.5) is 0 Å². The molecule has 0 bridgehead atoms. The highest BCUT2D eigenvalue weighted by atomic mass is 16.4. The smallest absolute Gasteiger partial charge is 0.326 e. The number of aliphatic carboxylic acids is 1. The van der Waals surface area contributed by atoms with E-state index in [2.05, 4.69) is 20.6 Å². The summed E-state index contributed by atoms with van der Waals surface area (Å²) >= 11 is 0. The van der Waals surface area contributed by atoms with Gasteiger partial charge in [0.15, 0.2) is 0 Å². The predicted octanol–water partition coefficient (Wildman–Crippen LogP) is 2.67. The lowest BCUT2D eigenvalue weighted by atomic mass is 9.97. The van der Waals surface area contributed by atoms with Crippen molar-refractivity contribution in [3.05, 3.63) is 70.6 Å². The van der Waals surface area contributed by atoms with Crippen molar-refractivity contribution in [3.8, 4) is 0 Å². The quantitative estimate of drug-likeness (QED) is 0.381. The highest BCUT2D eigenvalue weighted by molar-refractivity contribution is 5.88. The van der Waals surface area contributed by atoms with Crippen molar-refractivity contribution in [3.63, 3.8) is 0 Å². The van der Waals surface area contributed by atoms with Crippen LogP contribution in [0.25, 0.3) is 21.8 Å². The Bertz CT molecular complexity index is 1380. The zero-order valence-electron chi connectivity index (χ0n) is 18.4. The van der Waals surface area contributed by atoms with Gasteiger partial charge >= 0.3 is 5.97 Å². The number of carboxylic acids is 1. The number of benzene rings is 2. The van der Waals surface area contributed by atoms with Gasteiger partial charge in [0.1, 0.15) is 17.6 Å². The molecule has 2 aromatic carbocycles. The summed E-state index contributed by atoms with van der Waals surface area (Å²) < 4.78 is 1.07. The van der Waals surface area contributed by atoms with Crippen molar-refractivity contribution >= 4 is 33.7 Å². The molecule has 3 unspecified atom stereocenters. The van der Waals surface area contributed by atoms with Crippen LogP contribution >= 0.6 is 0 Å². The van der Waals surface area contributed by atoms with Crippen molar-refractivity contribution < 1.29 is 14.7 Å². The van der Waals surface area contributed by atoms with Gasteiger partial charge in [0, 0.05) is 23.5 Å². The van der Waals surface area contributed by atoms with Crippen LogP contribution in [0.1, 0.15) is 31.9 Å². The minimum Gasteiger partial charge on any atom is -0.480 e. The van der Waals surface area contributed by atoms with E-state index in [1.54, 1.807) is 30.5 Å². The molecule has 9 nitrogen and oxygen atoms in total. The van der Waals surface area contributed by atoms with E-state index >= 15 is 0 Å². The van der Waals surface area contributed by atoms with Crippen LogP contribution in [0.15, 0.2) is 59.5 Å². The highest BCUT2D eigenvalue weighted by Crippen LogP contribution is 2.22. The third kappa shape index (κ3) is 4.34. The van der Waals surface area contributed by atoms with Gasteiger partial charge in [-0.05, 0) is 29.7 Å². The summed E-state index contributed by atoms with van der Waals surface area (Å²) in [6.07, 6.45) is 2.42. The Morgan fingerprint density at radius 3 is 2.55 bits per heavy atom.